The first-order chi connectivity index (χ1) is 12.7. The van der Waals surface area contributed by atoms with Crippen molar-refractivity contribution >= 4 is 27.9 Å². The molecule has 0 saturated heterocycles. The molecule has 4 aromatic rings. The maximum Gasteiger partial charge on any atom is 0.338 e. The number of nitrogens with zero attached hydrogens (tertiary/aromatic N) is 5. The van der Waals surface area contributed by atoms with Crippen molar-refractivity contribution < 1.29 is 4.74 Å². The van der Waals surface area contributed by atoms with Crippen molar-refractivity contribution in [3.63, 3.8) is 0 Å². The average molecular weight is 346 g/mol. The van der Waals surface area contributed by atoms with Gasteiger partial charge in [0, 0.05) is 29.5 Å². The fourth-order valence-electron chi connectivity index (χ4n) is 3.66. The van der Waals surface area contributed by atoms with E-state index in [4.69, 9.17) is 15.6 Å². The number of hydrogen-bond acceptors (Lipinski definition) is 6. The molecule has 2 aromatic carbocycles. The molecular formula is C19H18N6O. The summed E-state index contributed by atoms with van der Waals surface area (Å²) in [4.78, 5) is 2.28. The predicted molar refractivity (Wildman–Crippen MR) is 100 cm³/mol. The van der Waals surface area contributed by atoms with Crippen LogP contribution in [0.5, 0.6) is 6.01 Å². The van der Waals surface area contributed by atoms with Crippen LogP contribution in [0.25, 0.3) is 16.4 Å². The van der Waals surface area contributed by atoms with Crippen LogP contribution in [-0.4, -0.2) is 33.5 Å². The van der Waals surface area contributed by atoms with Gasteiger partial charge in [0.2, 0.25) is 0 Å². The quantitative estimate of drug-likeness (QED) is 0.562. The summed E-state index contributed by atoms with van der Waals surface area (Å²) in [7, 11) is 1.58. The first-order valence-electron chi connectivity index (χ1n) is 8.55. The van der Waals surface area contributed by atoms with Crippen LogP contribution in [0.15, 0.2) is 42.5 Å². The molecule has 3 heterocycles. The number of benzene rings is 2. The topological polar surface area (TPSA) is 81.6 Å². The second-order valence-corrected chi connectivity index (χ2v) is 6.49. The Morgan fingerprint density at radius 1 is 1.04 bits per heavy atom. The molecule has 2 N–H and O–H groups in total. The van der Waals surface area contributed by atoms with E-state index in [2.05, 4.69) is 33.3 Å². The van der Waals surface area contributed by atoms with Crippen molar-refractivity contribution in [2.75, 3.05) is 24.3 Å². The van der Waals surface area contributed by atoms with Crippen LogP contribution in [0.2, 0.25) is 0 Å². The van der Waals surface area contributed by atoms with Gasteiger partial charge in [-0.1, -0.05) is 35.4 Å². The van der Waals surface area contributed by atoms with E-state index < -0.39 is 0 Å². The molecule has 2 aromatic heterocycles. The van der Waals surface area contributed by atoms with Crippen molar-refractivity contribution in [1.82, 2.24) is 19.8 Å². The van der Waals surface area contributed by atoms with Gasteiger partial charge >= 0.3 is 6.01 Å². The van der Waals surface area contributed by atoms with Crippen LogP contribution in [0.3, 0.4) is 0 Å². The van der Waals surface area contributed by atoms with Gasteiger partial charge in [0.1, 0.15) is 0 Å². The maximum atomic E-state index is 5.98. The van der Waals surface area contributed by atoms with Crippen LogP contribution in [0.4, 0.5) is 11.5 Å². The van der Waals surface area contributed by atoms with Crippen molar-refractivity contribution in [1.29, 1.82) is 0 Å². The summed E-state index contributed by atoms with van der Waals surface area (Å²) < 4.78 is 7.00. The number of fused-ring (bicyclic) bond motifs is 4. The molecule has 130 valence electrons. The number of rotatable bonds is 2. The van der Waals surface area contributed by atoms with E-state index in [9.17, 15) is 0 Å². The molecule has 0 unspecified atom stereocenters. The Labute approximate surface area is 150 Å². The van der Waals surface area contributed by atoms with E-state index in [0.717, 1.165) is 41.8 Å². The van der Waals surface area contributed by atoms with Crippen molar-refractivity contribution in [3.05, 3.63) is 53.6 Å². The summed E-state index contributed by atoms with van der Waals surface area (Å²) in [6.45, 7) is 1.66. The van der Waals surface area contributed by atoms with Crippen molar-refractivity contribution in [2.24, 2.45) is 0 Å². The van der Waals surface area contributed by atoms with Crippen LogP contribution in [-0.2, 0) is 13.0 Å². The van der Waals surface area contributed by atoms with E-state index in [0.29, 0.717) is 11.7 Å². The Kier molecular flexibility index (Phi) is 3.21. The molecule has 7 nitrogen and oxygen atoms in total. The monoisotopic (exact) mass is 346 g/mol. The molecule has 26 heavy (non-hydrogen) atoms. The molecule has 0 spiro atoms. The summed E-state index contributed by atoms with van der Waals surface area (Å²) in [6.07, 6.45) is 0.961. The van der Waals surface area contributed by atoms with Crippen LogP contribution in [0, 0.1) is 0 Å². The Balaban J connectivity index is 1.70. The number of nitrogens with two attached hydrogens (primary N) is 1. The van der Waals surface area contributed by atoms with Gasteiger partial charge in [-0.25, -0.2) is 0 Å². The molecule has 0 saturated carbocycles. The van der Waals surface area contributed by atoms with E-state index in [1.54, 1.807) is 11.6 Å². The largest absolute Gasteiger partial charge is 0.466 e. The zero-order valence-electron chi connectivity index (χ0n) is 14.4. The van der Waals surface area contributed by atoms with Gasteiger partial charge in [0.25, 0.3) is 0 Å². The predicted octanol–water partition coefficient (Wildman–Crippen LogP) is 2.43. The fourth-order valence-corrected chi connectivity index (χ4v) is 3.66. The fraction of sp³-hybridized carbons (Fsp3) is 0.211. The highest BCUT2D eigenvalue weighted by Gasteiger charge is 2.22. The zero-order valence-corrected chi connectivity index (χ0v) is 14.4. The molecule has 1 aliphatic heterocycles. The lowest BCUT2D eigenvalue weighted by Gasteiger charge is -2.30. The highest BCUT2D eigenvalue weighted by molar-refractivity contribution is 6.00. The minimum Gasteiger partial charge on any atom is -0.466 e. The molecule has 0 aliphatic carbocycles. The summed E-state index contributed by atoms with van der Waals surface area (Å²) in [5, 5.41) is 15.2. The minimum absolute atomic E-state index is 0.383. The Morgan fingerprint density at radius 2 is 1.88 bits per heavy atom. The lowest BCUT2D eigenvalue weighted by Crippen LogP contribution is -2.31. The standard InChI is InChI=1S/C19H18N6O/c1-26-19-22-21-17-15-4-2-3-5-16(15)18(23-25(17)19)24-9-8-12-6-7-14(20)10-13(12)11-24/h2-7,10H,8-9,11,20H2,1H3. The Bertz CT molecular complexity index is 1140. The van der Waals surface area contributed by atoms with Crippen LogP contribution < -0.4 is 15.4 Å². The smallest absolute Gasteiger partial charge is 0.338 e. The zero-order chi connectivity index (χ0) is 17.7. The molecular weight excluding hydrogens is 328 g/mol. The third kappa shape index (κ3) is 2.17. The summed E-state index contributed by atoms with van der Waals surface area (Å²) >= 11 is 0. The number of ether oxygens (including phenoxy) is 1. The first-order valence-corrected chi connectivity index (χ1v) is 8.55. The molecule has 0 radical (unpaired) electrons. The van der Waals surface area contributed by atoms with Crippen LogP contribution in [0.1, 0.15) is 11.1 Å². The van der Waals surface area contributed by atoms with Crippen LogP contribution >= 0.6 is 0 Å². The lowest BCUT2D eigenvalue weighted by atomic mass is 9.99. The lowest BCUT2D eigenvalue weighted by molar-refractivity contribution is 0.369. The second-order valence-electron chi connectivity index (χ2n) is 6.49. The summed E-state index contributed by atoms with van der Waals surface area (Å²) in [5.41, 5.74) is 10.1. The van der Waals surface area contributed by atoms with Gasteiger partial charge in [-0.05, 0) is 29.7 Å². The van der Waals surface area contributed by atoms with Gasteiger partial charge in [-0.15, -0.1) is 10.2 Å². The first kappa shape index (κ1) is 14.9. The third-order valence-corrected chi connectivity index (χ3v) is 4.94. The molecule has 7 heteroatoms. The molecule has 0 bridgehead atoms. The maximum absolute atomic E-state index is 5.98. The van der Waals surface area contributed by atoms with Gasteiger partial charge < -0.3 is 15.4 Å². The molecule has 1 aliphatic rings. The average Bonchev–Trinajstić information content (AvgIpc) is 3.10. The number of anilines is 2. The summed E-state index contributed by atoms with van der Waals surface area (Å²) in [6, 6.07) is 14.7. The van der Waals surface area contributed by atoms with E-state index in [-0.39, 0.29) is 0 Å². The second kappa shape index (κ2) is 5.59. The molecule has 0 fully saturated rings. The number of aromatic nitrogens is 4. The van der Waals surface area contributed by atoms with E-state index in [1.807, 2.05) is 24.3 Å². The number of nitrogen functional groups attached to an aromatic ring is 1. The van der Waals surface area contributed by atoms with Gasteiger partial charge in [-0.2, -0.15) is 4.52 Å². The molecule has 0 amide bonds. The Hall–Kier alpha value is -3.35. The highest BCUT2D eigenvalue weighted by atomic mass is 16.5. The normalized spacial score (nSPS) is 14.0. The molecule has 5 rings (SSSR count). The molecule has 0 atom stereocenters. The van der Waals surface area contributed by atoms with Gasteiger partial charge in [0.15, 0.2) is 11.5 Å². The number of hydrogen-bond donors (Lipinski definition) is 1. The third-order valence-electron chi connectivity index (χ3n) is 4.94. The van der Waals surface area contributed by atoms with Gasteiger partial charge in [-0.3, -0.25) is 0 Å². The number of methoxy groups -OCH3 is 1. The SMILES string of the molecule is COc1nnc2c3ccccc3c(N3CCc4ccc(N)cc4C3)nn12. The van der Waals surface area contributed by atoms with Crippen molar-refractivity contribution in [2.45, 2.75) is 13.0 Å². The van der Waals surface area contributed by atoms with Gasteiger partial charge in [0.05, 0.1) is 7.11 Å². The Morgan fingerprint density at radius 3 is 2.73 bits per heavy atom. The van der Waals surface area contributed by atoms with E-state index in [1.165, 1.54) is 11.1 Å². The van der Waals surface area contributed by atoms with E-state index >= 15 is 0 Å². The van der Waals surface area contributed by atoms with Crippen molar-refractivity contribution in [3.8, 4) is 6.01 Å². The minimum atomic E-state index is 0.383. The highest BCUT2D eigenvalue weighted by Crippen LogP contribution is 2.32. The summed E-state index contributed by atoms with van der Waals surface area (Å²) in [5.74, 6) is 0.902.